The molecule has 7 nitrogen and oxygen atoms in total. The van der Waals surface area contributed by atoms with E-state index in [1.54, 1.807) is 15.8 Å². The second-order valence-corrected chi connectivity index (χ2v) is 4.44. The lowest BCUT2D eigenvalue weighted by atomic mass is 10.3. The van der Waals surface area contributed by atoms with Gasteiger partial charge >= 0.3 is 0 Å². The summed E-state index contributed by atoms with van der Waals surface area (Å²) in [5.41, 5.74) is 5.80. The van der Waals surface area contributed by atoms with E-state index in [1.807, 2.05) is 6.92 Å². The Hall–Kier alpha value is -1.47. The molecule has 1 atom stereocenters. The summed E-state index contributed by atoms with van der Waals surface area (Å²) in [6.45, 7) is 5.02. The van der Waals surface area contributed by atoms with Gasteiger partial charge in [-0.15, -0.1) is 5.10 Å². The number of ether oxygens (including phenoxy) is 1. The van der Waals surface area contributed by atoms with E-state index in [2.05, 4.69) is 10.3 Å². The number of carbonyl (C=O) groups excluding carboxylic acids is 1. The lowest BCUT2D eigenvalue weighted by Crippen LogP contribution is -2.36. The van der Waals surface area contributed by atoms with Crippen molar-refractivity contribution in [3.05, 3.63) is 11.9 Å². The second-order valence-electron chi connectivity index (χ2n) is 4.44. The van der Waals surface area contributed by atoms with Crippen LogP contribution in [0.5, 0.6) is 0 Å². The number of rotatable bonds is 3. The van der Waals surface area contributed by atoms with Gasteiger partial charge in [-0.25, -0.2) is 0 Å². The van der Waals surface area contributed by atoms with Gasteiger partial charge in [-0.05, 0) is 13.3 Å². The first kappa shape index (κ1) is 13.0. The second kappa shape index (κ2) is 5.92. The molecule has 2 rings (SSSR count). The van der Waals surface area contributed by atoms with E-state index in [9.17, 15) is 4.79 Å². The summed E-state index contributed by atoms with van der Waals surface area (Å²) in [7, 11) is 0. The molecule has 0 radical (unpaired) electrons. The van der Waals surface area contributed by atoms with Crippen LogP contribution in [0.3, 0.4) is 0 Å². The van der Waals surface area contributed by atoms with Crippen molar-refractivity contribution in [3.8, 4) is 0 Å². The van der Waals surface area contributed by atoms with Crippen LogP contribution in [-0.4, -0.2) is 58.1 Å². The molecule has 1 aliphatic rings. The van der Waals surface area contributed by atoms with Crippen LogP contribution in [0.15, 0.2) is 6.20 Å². The lowest BCUT2D eigenvalue weighted by molar-refractivity contribution is 0.0559. The Kier molecular flexibility index (Phi) is 4.27. The van der Waals surface area contributed by atoms with Gasteiger partial charge < -0.3 is 15.4 Å². The number of aromatic nitrogens is 3. The average molecular weight is 253 g/mol. The molecule has 0 spiro atoms. The van der Waals surface area contributed by atoms with Crippen LogP contribution in [0.1, 0.15) is 23.8 Å². The highest BCUT2D eigenvalue weighted by Gasteiger charge is 2.23. The average Bonchev–Trinajstić information content (AvgIpc) is 2.70. The third kappa shape index (κ3) is 3.05. The van der Waals surface area contributed by atoms with E-state index in [1.165, 1.54) is 0 Å². The Morgan fingerprint density at radius 2 is 2.50 bits per heavy atom. The third-order valence-corrected chi connectivity index (χ3v) is 2.86. The quantitative estimate of drug-likeness (QED) is 0.784. The first-order valence-electron chi connectivity index (χ1n) is 6.22. The number of carbonyl (C=O) groups is 1. The van der Waals surface area contributed by atoms with Gasteiger partial charge in [0.2, 0.25) is 0 Å². The molecular weight excluding hydrogens is 234 g/mol. The van der Waals surface area contributed by atoms with Gasteiger partial charge in [-0.1, -0.05) is 5.21 Å². The highest BCUT2D eigenvalue weighted by molar-refractivity contribution is 5.91. The zero-order valence-electron chi connectivity index (χ0n) is 10.6. The van der Waals surface area contributed by atoms with Crippen LogP contribution < -0.4 is 5.73 Å². The maximum Gasteiger partial charge on any atom is 0.276 e. The molecular formula is C11H19N5O2. The van der Waals surface area contributed by atoms with Crippen LogP contribution in [0.2, 0.25) is 0 Å². The molecule has 2 N–H and O–H groups in total. The largest absolute Gasteiger partial charge is 0.377 e. The van der Waals surface area contributed by atoms with Crippen molar-refractivity contribution in [1.29, 1.82) is 0 Å². The van der Waals surface area contributed by atoms with Gasteiger partial charge in [-0.2, -0.15) is 0 Å². The lowest BCUT2D eigenvalue weighted by Gasteiger charge is -2.20. The minimum atomic E-state index is -0.0874. The number of hydrogen-bond donors (Lipinski definition) is 1. The number of hydrogen-bond acceptors (Lipinski definition) is 5. The molecule has 100 valence electrons. The van der Waals surface area contributed by atoms with Crippen molar-refractivity contribution < 1.29 is 9.53 Å². The minimum absolute atomic E-state index is 0.0653. The maximum atomic E-state index is 12.2. The number of nitrogens with two attached hydrogens (primary N) is 1. The predicted molar refractivity (Wildman–Crippen MR) is 65.0 cm³/mol. The third-order valence-electron chi connectivity index (χ3n) is 2.86. The molecule has 1 aliphatic heterocycles. The fourth-order valence-corrected chi connectivity index (χ4v) is 1.98. The van der Waals surface area contributed by atoms with Crippen molar-refractivity contribution in [2.75, 3.05) is 26.2 Å². The summed E-state index contributed by atoms with van der Waals surface area (Å²) in [6.07, 6.45) is 2.56. The van der Waals surface area contributed by atoms with Gasteiger partial charge in [0.05, 0.1) is 18.8 Å². The van der Waals surface area contributed by atoms with E-state index >= 15 is 0 Å². The Morgan fingerprint density at radius 1 is 1.67 bits per heavy atom. The SMILES string of the molecule is CC1CN(C(=O)c2cn(CCN)nn2)CCCO1. The molecule has 0 aromatic carbocycles. The molecule has 1 fully saturated rings. The van der Waals surface area contributed by atoms with E-state index < -0.39 is 0 Å². The van der Waals surface area contributed by atoms with Gasteiger partial charge in [0.25, 0.3) is 5.91 Å². The standard InChI is InChI=1S/C11H19N5O2/c1-9-7-15(4-2-6-18-9)11(17)10-8-16(5-3-12)14-13-10/h8-9H,2-7,12H2,1H3. The Balaban J connectivity index is 2.04. The Labute approximate surface area is 106 Å². The predicted octanol–water partition coefficient (Wildman–Crippen LogP) is -0.512. The molecule has 1 unspecified atom stereocenters. The van der Waals surface area contributed by atoms with Crippen LogP contribution in [-0.2, 0) is 11.3 Å². The van der Waals surface area contributed by atoms with Crippen molar-refractivity contribution in [2.45, 2.75) is 26.0 Å². The fourth-order valence-electron chi connectivity index (χ4n) is 1.98. The summed E-state index contributed by atoms with van der Waals surface area (Å²) < 4.78 is 7.10. The molecule has 2 heterocycles. The zero-order valence-corrected chi connectivity index (χ0v) is 10.6. The van der Waals surface area contributed by atoms with Crippen LogP contribution in [0, 0.1) is 0 Å². The molecule has 0 bridgehead atoms. The topological polar surface area (TPSA) is 86.3 Å². The van der Waals surface area contributed by atoms with E-state index in [4.69, 9.17) is 10.5 Å². The minimum Gasteiger partial charge on any atom is -0.377 e. The Morgan fingerprint density at radius 3 is 3.28 bits per heavy atom. The van der Waals surface area contributed by atoms with E-state index in [-0.39, 0.29) is 12.0 Å². The number of amides is 1. The normalized spacial score (nSPS) is 20.8. The summed E-state index contributed by atoms with van der Waals surface area (Å²) in [4.78, 5) is 14.0. The monoisotopic (exact) mass is 253 g/mol. The van der Waals surface area contributed by atoms with Crippen molar-refractivity contribution in [2.24, 2.45) is 5.73 Å². The first-order valence-corrected chi connectivity index (χ1v) is 6.22. The van der Waals surface area contributed by atoms with Gasteiger partial charge in [-0.3, -0.25) is 9.48 Å². The van der Waals surface area contributed by atoms with Gasteiger partial charge in [0.1, 0.15) is 0 Å². The van der Waals surface area contributed by atoms with Crippen LogP contribution in [0.25, 0.3) is 0 Å². The molecule has 0 saturated carbocycles. The molecule has 0 aliphatic carbocycles. The summed E-state index contributed by atoms with van der Waals surface area (Å²) in [5.74, 6) is -0.0874. The van der Waals surface area contributed by atoms with Crippen LogP contribution in [0.4, 0.5) is 0 Å². The van der Waals surface area contributed by atoms with Gasteiger partial charge in [0, 0.05) is 26.2 Å². The highest BCUT2D eigenvalue weighted by Crippen LogP contribution is 2.09. The van der Waals surface area contributed by atoms with Crippen molar-refractivity contribution in [3.63, 3.8) is 0 Å². The molecule has 18 heavy (non-hydrogen) atoms. The van der Waals surface area contributed by atoms with Crippen LogP contribution >= 0.6 is 0 Å². The van der Waals surface area contributed by atoms with Gasteiger partial charge in [0.15, 0.2) is 5.69 Å². The first-order chi connectivity index (χ1) is 8.70. The summed E-state index contributed by atoms with van der Waals surface area (Å²) in [5, 5.41) is 7.76. The smallest absolute Gasteiger partial charge is 0.276 e. The maximum absolute atomic E-state index is 12.2. The fraction of sp³-hybridized carbons (Fsp3) is 0.727. The molecule has 1 saturated heterocycles. The molecule has 1 aromatic rings. The van der Waals surface area contributed by atoms with Crippen molar-refractivity contribution >= 4 is 5.91 Å². The van der Waals surface area contributed by atoms with E-state index in [0.717, 1.165) is 6.42 Å². The molecule has 1 amide bonds. The Bertz CT molecular complexity index is 406. The van der Waals surface area contributed by atoms with Crippen molar-refractivity contribution in [1.82, 2.24) is 19.9 Å². The zero-order chi connectivity index (χ0) is 13.0. The molecule has 7 heteroatoms. The molecule has 1 aromatic heterocycles. The summed E-state index contributed by atoms with van der Waals surface area (Å²) >= 11 is 0. The number of nitrogens with zero attached hydrogens (tertiary/aromatic N) is 4. The highest BCUT2D eigenvalue weighted by atomic mass is 16.5. The summed E-state index contributed by atoms with van der Waals surface area (Å²) in [6, 6.07) is 0. The van der Waals surface area contributed by atoms with E-state index in [0.29, 0.717) is 38.5 Å².